The molecule has 3 amide bonds. The molecule has 0 bridgehead atoms. The molecule has 12 nitrogen and oxygen atoms in total. The number of likely N-dealkylation sites (tertiary alicyclic amines) is 3. The van der Waals surface area contributed by atoms with Crippen molar-refractivity contribution in [3.05, 3.63) is 297 Å². The van der Waals surface area contributed by atoms with E-state index in [9.17, 15) is 45.1 Å². The lowest BCUT2D eigenvalue weighted by molar-refractivity contribution is -0.137. The van der Waals surface area contributed by atoms with E-state index in [0.29, 0.717) is 95.8 Å². The van der Waals surface area contributed by atoms with Crippen molar-refractivity contribution < 1.29 is 45.1 Å². The predicted molar refractivity (Wildman–Crippen MR) is 413 cm³/mol. The molecule has 0 aliphatic carbocycles. The second-order valence-corrected chi connectivity index (χ2v) is 30.6. The monoisotopic (exact) mass is 1620 g/mol. The molecule has 3 spiro atoms. The van der Waals surface area contributed by atoms with Crippen LogP contribution in [0.5, 0.6) is 0 Å². The van der Waals surface area contributed by atoms with E-state index in [2.05, 4.69) is 75.9 Å². The standard InChI is InChI=1S/C28H23ClF5N3O.C27H23BrClF2N3O.C27H24Cl3N3O/c29-25-14-19(7-10-35-25)26(38)37-17-27(22-15-20(28(32,33)34)4-6-24(22)37)8-12-36(13-9-27)11-1-2-18-3-5-21(30)16-23(18)31;28-20-4-6-24-22(15-20)27(17-34(24)26(35)19-7-10-32-25(29)14-19)8-12-33(13-9-27)11-1-2-18-3-5-21(30)16-23(18)31;28-21-8-9-23-22(17-21)27(18-33(23)26(34)20-15-24(29)31-25(30)16-20)10-13-32(14-11-27)12-4-7-19-5-2-1-3-6-19/h1-7,10,14-16H,8-9,11-13,17H2;1-7,10,14-16H,8-9,11-13,17H2;1-9,15-17H,10-14,18H2/b2*2-1+;7-4+. The molecule has 0 unspecified atom stereocenters. The van der Waals surface area contributed by atoms with Gasteiger partial charge in [-0.25, -0.2) is 32.5 Å². The zero-order valence-electron chi connectivity index (χ0n) is 57.5. The number of aromatic nitrogens is 3. The van der Waals surface area contributed by atoms with Crippen molar-refractivity contribution in [3.8, 4) is 0 Å². The number of piperidine rings is 3. The summed E-state index contributed by atoms with van der Waals surface area (Å²) in [6.07, 6.45) is 14.6. The van der Waals surface area contributed by atoms with Gasteiger partial charge in [0.1, 0.15) is 43.9 Å². The molecule has 15 rings (SSSR count). The molecule has 6 aromatic carbocycles. The van der Waals surface area contributed by atoms with Gasteiger partial charge < -0.3 is 14.7 Å². The second-order valence-electron chi connectivity index (χ2n) is 27.7. The first-order chi connectivity index (χ1) is 51.3. The maximum Gasteiger partial charge on any atom is 0.416 e. The van der Waals surface area contributed by atoms with Crippen LogP contribution in [-0.2, 0) is 22.4 Å². The first kappa shape index (κ1) is 76.9. The van der Waals surface area contributed by atoms with E-state index in [1.807, 2.05) is 64.4 Å². The van der Waals surface area contributed by atoms with Crippen LogP contribution in [0.4, 0.5) is 47.8 Å². The second kappa shape index (κ2) is 32.9. The van der Waals surface area contributed by atoms with Crippen LogP contribution in [0.3, 0.4) is 0 Å². The average Bonchev–Trinajstić information content (AvgIpc) is 1.59. The fourth-order valence-electron chi connectivity index (χ4n) is 15.4. The van der Waals surface area contributed by atoms with Gasteiger partial charge in [-0.05, 0) is 215 Å². The molecule has 0 atom stereocenters. The van der Waals surface area contributed by atoms with Gasteiger partial charge in [0.2, 0.25) is 0 Å². The molecule has 9 heterocycles. The van der Waals surface area contributed by atoms with Gasteiger partial charge >= 0.3 is 6.18 Å². The number of halogens is 13. The summed E-state index contributed by atoms with van der Waals surface area (Å²) in [5, 5.41) is 1.55. The molecular weight excluding hydrogens is 1550 g/mol. The number of rotatable bonds is 12. The third kappa shape index (κ3) is 17.6. The molecule has 3 aromatic heterocycles. The SMILES string of the molecule is O=C(c1cc(Cl)nc(Cl)c1)N1CC2(CCN(C/C=C/c3ccccc3)CC2)c2cc(Cl)ccc21.O=C(c1ccnc(Cl)c1)N1CC2(CCN(C/C=C/c3ccc(F)cc3F)CC2)c2cc(Br)ccc21.O=C(c1ccnc(Cl)c1)N1CC2(CCN(C/C=C/c3ccc(F)cc3F)CC2)c2cc(C(F)(F)F)ccc21. The number of anilines is 3. The summed E-state index contributed by atoms with van der Waals surface area (Å²) in [5.74, 6) is -3.00. The fourth-order valence-corrected chi connectivity index (χ4v) is 16.7. The first-order valence-corrected chi connectivity index (χ1v) is 37.5. The Balaban J connectivity index is 0.000000142. The Kier molecular flexibility index (Phi) is 23.6. The molecule has 0 saturated carbocycles. The molecule has 6 aliphatic rings. The van der Waals surface area contributed by atoms with Crippen molar-refractivity contribution in [2.45, 2.75) is 60.9 Å². The predicted octanol–water partition coefficient (Wildman–Crippen LogP) is 20.0. The highest BCUT2D eigenvalue weighted by atomic mass is 79.9. The summed E-state index contributed by atoms with van der Waals surface area (Å²) in [5.41, 5.74) is 6.67. The number of alkyl halides is 3. The summed E-state index contributed by atoms with van der Waals surface area (Å²) in [6.45, 7) is 8.35. The molecule has 0 radical (unpaired) electrons. The number of nitrogens with zero attached hydrogens (tertiary/aromatic N) is 9. The minimum absolute atomic E-state index is 0.0820. The summed E-state index contributed by atoms with van der Waals surface area (Å²) >= 11 is 34.1. The van der Waals surface area contributed by atoms with E-state index in [4.69, 9.17) is 58.0 Å². The number of amides is 3. The molecule has 25 heteroatoms. The zero-order valence-corrected chi connectivity index (χ0v) is 62.9. The van der Waals surface area contributed by atoms with Crippen LogP contribution in [0, 0.1) is 23.3 Å². The van der Waals surface area contributed by atoms with Gasteiger partial charge in [0.05, 0.1) is 5.56 Å². The molecule has 107 heavy (non-hydrogen) atoms. The summed E-state index contributed by atoms with van der Waals surface area (Å²) in [6, 6.07) is 42.2. The first-order valence-electron chi connectivity index (χ1n) is 34.8. The van der Waals surface area contributed by atoms with E-state index < -0.39 is 40.4 Å². The van der Waals surface area contributed by atoms with Gasteiger partial charge in [-0.15, -0.1) is 0 Å². The van der Waals surface area contributed by atoms with Crippen LogP contribution in [0.1, 0.15) is 109 Å². The maximum absolute atomic E-state index is 13.9. The molecule has 6 aliphatic heterocycles. The lowest BCUT2D eigenvalue weighted by atomic mass is 9.74. The molecular formula is C82H70BrCl5F7N9O3. The number of hydrogen-bond donors (Lipinski definition) is 0. The Bertz CT molecular complexity index is 4890. The Hall–Kier alpha value is -8.28. The Morgan fingerprint density at radius 1 is 0.439 bits per heavy atom. The van der Waals surface area contributed by atoms with Gasteiger partial charge in [0.25, 0.3) is 17.7 Å². The van der Waals surface area contributed by atoms with Gasteiger partial charge in [-0.3, -0.25) is 29.1 Å². The molecule has 552 valence electrons. The van der Waals surface area contributed by atoms with E-state index in [1.54, 1.807) is 48.7 Å². The summed E-state index contributed by atoms with van der Waals surface area (Å²) in [4.78, 5) is 64.3. The molecule has 3 fully saturated rings. The van der Waals surface area contributed by atoms with Crippen molar-refractivity contribution in [1.29, 1.82) is 0 Å². The third-order valence-corrected chi connectivity index (χ3v) is 22.6. The number of carbonyl (C=O) groups excluding carboxylic acids is 3. The highest BCUT2D eigenvalue weighted by molar-refractivity contribution is 9.10. The van der Waals surface area contributed by atoms with Crippen LogP contribution in [0.15, 0.2) is 193 Å². The third-order valence-electron chi connectivity index (χ3n) is 21.1. The molecule has 3 saturated heterocycles. The largest absolute Gasteiger partial charge is 0.416 e. The quantitative estimate of drug-likeness (QED) is 0.0872. The topological polar surface area (TPSA) is 109 Å². The van der Waals surface area contributed by atoms with Gasteiger partial charge in [-0.1, -0.05) is 141 Å². The zero-order chi connectivity index (χ0) is 75.4. The fraction of sp³-hybridized carbons (Fsp3) is 0.268. The van der Waals surface area contributed by atoms with Crippen LogP contribution in [-0.4, -0.2) is 126 Å². The van der Waals surface area contributed by atoms with Crippen LogP contribution in [0.2, 0.25) is 25.6 Å². The van der Waals surface area contributed by atoms with Crippen LogP contribution < -0.4 is 14.7 Å². The van der Waals surface area contributed by atoms with Gasteiger partial charge in [0, 0.05) is 134 Å². The highest BCUT2D eigenvalue weighted by Gasteiger charge is 2.50. The lowest BCUT2D eigenvalue weighted by Gasteiger charge is -2.39. The normalized spacial score (nSPS) is 17.4. The number of carbonyl (C=O) groups is 3. The number of pyridine rings is 3. The Morgan fingerprint density at radius 2 is 0.841 bits per heavy atom. The van der Waals surface area contributed by atoms with E-state index in [1.165, 1.54) is 70.8 Å². The van der Waals surface area contributed by atoms with Crippen molar-refractivity contribution in [2.75, 3.05) is 93.2 Å². The Morgan fingerprint density at radius 3 is 1.28 bits per heavy atom. The number of benzene rings is 6. The minimum atomic E-state index is -4.51. The number of hydrogen-bond acceptors (Lipinski definition) is 9. The smallest absolute Gasteiger partial charge is 0.307 e. The summed E-state index contributed by atoms with van der Waals surface area (Å²) in [7, 11) is 0. The average molecular weight is 1620 g/mol. The Labute approximate surface area is 648 Å². The van der Waals surface area contributed by atoms with Crippen molar-refractivity contribution >= 4 is 127 Å². The lowest BCUT2D eigenvalue weighted by Crippen LogP contribution is -2.46. The molecule has 9 aromatic rings. The highest BCUT2D eigenvalue weighted by Crippen LogP contribution is 2.52. The van der Waals surface area contributed by atoms with Crippen LogP contribution >= 0.6 is 73.9 Å². The van der Waals surface area contributed by atoms with E-state index in [-0.39, 0.29) is 56.1 Å². The van der Waals surface area contributed by atoms with E-state index in [0.717, 1.165) is 98.0 Å². The van der Waals surface area contributed by atoms with Crippen molar-refractivity contribution in [1.82, 2.24) is 29.7 Å². The van der Waals surface area contributed by atoms with E-state index >= 15 is 0 Å². The minimum Gasteiger partial charge on any atom is -0.307 e. The van der Waals surface area contributed by atoms with Gasteiger partial charge in [-0.2, -0.15) is 13.2 Å². The van der Waals surface area contributed by atoms with Crippen LogP contribution in [0.25, 0.3) is 18.2 Å². The van der Waals surface area contributed by atoms with Crippen molar-refractivity contribution in [3.63, 3.8) is 0 Å². The van der Waals surface area contributed by atoms with Gasteiger partial charge in [0.15, 0.2) is 0 Å². The summed E-state index contributed by atoms with van der Waals surface area (Å²) < 4.78 is 95.8. The molecule has 0 N–H and O–H groups in total. The number of fused-ring (bicyclic) bond motifs is 6. The maximum atomic E-state index is 13.9. The van der Waals surface area contributed by atoms with Crippen molar-refractivity contribution in [2.24, 2.45) is 0 Å².